The number of nitrogens with one attached hydrogen (secondary N) is 1. The molecule has 0 aromatic rings. The highest BCUT2D eigenvalue weighted by molar-refractivity contribution is 5.00. The lowest BCUT2D eigenvalue weighted by molar-refractivity contribution is 0.716. The van der Waals surface area contributed by atoms with Gasteiger partial charge in [-0.3, -0.25) is 0 Å². The molecule has 0 heterocycles. The van der Waals surface area contributed by atoms with Crippen LogP contribution in [0.2, 0.25) is 0 Å². The summed E-state index contributed by atoms with van der Waals surface area (Å²) in [5, 5.41) is 3.17. The van der Waals surface area contributed by atoms with Crippen LogP contribution in [0.3, 0.4) is 0 Å². The van der Waals surface area contributed by atoms with Crippen molar-refractivity contribution in [2.75, 3.05) is 13.6 Å². The molecule has 1 nitrogen and oxygen atoms in total. The van der Waals surface area contributed by atoms with Crippen molar-refractivity contribution < 1.29 is 0 Å². The molecule has 0 bridgehead atoms. The Balaban J connectivity index is 0. The number of allylic oxidation sites excluding steroid dienone is 1. The monoisotopic (exact) mass is 185 g/mol. The summed E-state index contributed by atoms with van der Waals surface area (Å²) in [5.41, 5.74) is 1.60. The zero-order valence-corrected chi connectivity index (χ0v) is 10.1. The van der Waals surface area contributed by atoms with Crippen LogP contribution in [0.4, 0.5) is 0 Å². The minimum Gasteiger partial charge on any atom is -0.319 e. The van der Waals surface area contributed by atoms with Crippen LogP contribution in [0.15, 0.2) is 11.6 Å². The summed E-state index contributed by atoms with van der Waals surface area (Å²) in [6, 6.07) is 0. The number of hydrogen-bond acceptors (Lipinski definition) is 1. The second kappa shape index (κ2) is 14.2. The molecule has 0 spiro atoms. The molecule has 0 amide bonds. The van der Waals surface area contributed by atoms with Crippen molar-refractivity contribution in [3.8, 4) is 0 Å². The van der Waals surface area contributed by atoms with Crippen LogP contribution in [0.25, 0.3) is 0 Å². The molecule has 0 saturated heterocycles. The zero-order valence-electron chi connectivity index (χ0n) is 10.1. The minimum absolute atomic E-state index is 1.11. The Morgan fingerprint density at radius 2 is 1.85 bits per heavy atom. The second-order valence-corrected chi connectivity index (χ2v) is 2.90. The molecule has 0 radical (unpaired) electrons. The van der Waals surface area contributed by atoms with Gasteiger partial charge in [0.05, 0.1) is 0 Å². The predicted octanol–water partition coefficient (Wildman–Crippen LogP) is 3.76. The lowest BCUT2D eigenvalue weighted by Crippen LogP contribution is -2.08. The van der Waals surface area contributed by atoms with E-state index in [2.05, 4.69) is 25.2 Å². The van der Waals surface area contributed by atoms with E-state index in [0.717, 1.165) is 6.54 Å². The standard InChI is InChI=1S/C10H21N.C2H6/c1-4-6-7-10(5-2)8-9-11-3;1-2/h5,11H,4,6-9H2,1-3H3;1-2H3/b10-5+;. The van der Waals surface area contributed by atoms with Gasteiger partial charge in [-0.05, 0) is 39.8 Å². The molecule has 0 aromatic heterocycles. The molecule has 0 aliphatic heterocycles. The Hall–Kier alpha value is -0.300. The smallest absolute Gasteiger partial charge is 0.00146 e. The van der Waals surface area contributed by atoms with Crippen molar-refractivity contribution in [3.63, 3.8) is 0 Å². The fourth-order valence-corrected chi connectivity index (χ4v) is 1.10. The average molecular weight is 185 g/mol. The van der Waals surface area contributed by atoms with E-state index in [9.17, 15) is 0 Å². The third kappa shape index (κ3) is 11.7. The molecule has 1 heteroatoms. The number of hydrogen-bond donors (Lipinski definition) is 1. The van der Waals surface area contributed by atoms with Gasteiger partial charge < -0.3 is 5.32 Å². The molecule has 0 unspecified atom stereocenters. The summed E-state index contributed by atoms with van der Waals surface area (Å²) < 4.78 is 0. The Morgan fingerprint density at radius 1 is 1.23 bits per heavy atom. The van der Waals surface area contributed by atoms with Gasteiger partial charge in [0.2, 0.25) is 0 Å². The van der Waals surface area contributed by atoms with E-state index >= 15 is 0 Å². The van der Waals surface area contributed by atoms with Crippen molar-refractivity contribution >= 4 is 0 Å². The lowest BCUT2D eigenvalue weighted by Gasteiger charge is -2.04. The summed E-state index contributed by atoms with van der Waals surface area (Å²) in [6.07, 6.45) is 7.40. The normalized spacial score (nSPS) is 10.7. The highest BCUT2D eigenvalue weighted by atomic mass is 14.8. The summed E-state index contributed by atoms with van der Waals surface area (Å²) in [6.45, 7) is 9.50. The molecule has 0 atom stereocenters. The van der Waals surface area contributed by atoms with Gasteiger partial charge in [-0.25, -0.2) is 0 Å². The first-order valence-corrected chi connectivity index (χ1v) is 5.63. The van der Waals surface area contributed by atoms with Gasteiger partial charge in [-0.2, -0.15) is 0 Å². The van der Waals surface area contributed by atoms with Crippen molar-refractivity contribution in [1.29, 1.82) is 0 Å². The van der Waals surface area contributed by atoms with Crippen LogP contribution >= 0.6 is 0 Å². The lowest BCUT2D eigenvalue weighted by atomic mass is 10.1. The average Bonchev–Trinajstić information content (AvgIpc) is 2.21. The van der Waals surface area contributed by atoms with Crippen LogP contribution in [-0.2, 0) is 0 Å². The van der Waals surface area contributed by atoms with Gasteiger partial charge in [-0.1, -0.05) is 38.8 Å². The van der Waals surface area contributed by atoms with Gasteiger partial charge >= 0.3 is 0 Å². The van der Waals surface area contributed by atoms with E-state index in [1.54, 1.807) is 5.57 Å². The molecule has 0 aromatic carbocycles. The first-order valence-electron chi connectivity index (χ1n) is 5.63. The minimum atomic E-state index is 1.11. The summed E-state index contributed by atoms with van der Waals surface area (Å²) in [5.74, 6) is 0. The highest BCUT2D eigenvalue weighted by Gasteiger charge is 1.93. The van der Waals surface area contributed by atoms with E-state index in [-0.39, 0.29) is 0 Å². The van der Waals surface area contributed by atoms with Gasteiger partial charge in [-0.15, -0.1) is 0 Å². The SMILES string of the molecule is C/C=C(\CCCC)CCNC.CC. The zero-order chi connectivity index (χ0) is 10.5. The maximum atomic E-state index is 3.17. The van der Waals surface area contributed by atoms with E-state index in [4.69, 9.17) is 0 Å². The number of rotatable bonds is 6. The first-order chi connectivity index (χ1) is 6.35. The second-order valence-electron chi connectivity index (χ2n) is 2.90. The van der Waals surface area contributed by atoms with E-state index in [1.807, 2.05) is 20.9 Å². The van der Waals surface area contributed by atoms with E-state index in [1.165, 1.54) is 25.7 Å². The van der Waals surface area contributed by atoms with Gasteiger partial charge in [0.15, 0.2) is 0 Å². The van der Waals surface area contributed by atoms with Crippen molar-refractivity contribution in [2.45, 2.75) is 53.4 Å². The molecule has 0 aliphatic carbocycles. The Labute approximate surface area is 84.6 Å². The largest absolute Gasteiger partial charge is 0.319 e. The van der Waals surface area contributed by atoms with Crippen molar-refractivity contribution in [1.82, 2.24) is 5.32 Å². The Kier molecular flexibility index (Phi) is 16.6. The van der Waals surface area contributed by atoms with Crippen molar-refractivity contribution in [2.24, 2.45) is 0 Å². The molecular formula is C12H27N. The van der Waals surface area contributed by atoms with Crippen LogP contribution < -0.4 is 5.32 Å². The molecular weight excluding hydrogens is 158 g/mol. The van der Waals surface area contributed by atoms with Crippen LogP contribution in [-0.4, -0.2) is 13.6 Å². The fourth-order valence-electron chi connectivity index (χ4n) is 1.10. The topological polar surface area (TPSA) is 12.0 Å². The van der Waals surface area contributed by atoms with Gasteiger partial charge in [0, 0.05) is 0 Å². The summed E-state index contributed by atoms with van der Waals surface area (Å²) in [7, 11) is 2.01. The quantitative estimate of drug-likeness (QED) is 0.621. The molecule has 80 valence electrons. The molecule has 1 N–H and O–H groups in total. The maximum Gasteiger partial charge on any atom is -0.00146 e. The summed E-state index contributed by atoms with van der Waals surface area (Å²) in [4.78, 5) is 0. The Bertz CT molecular complexity index is 95.7. The maximum absolute atomic E-state index is 3.17. The molecule has 0 saturated carbocycles. The number of unbranched alkanes of at least 4 members (excludes halogenated alkanes) is 1. The molecule has 0 fully saturated rings. The third-order valence-corrected chi connectivity index (χ3v) is 1.96. The summed E-state index contributed by atoms with van der Waals surface area (Å²) >= 11 is 0. The third-order valence-electron chi connectivity index (χ3n) is 1.96. The molecule has 0 rings (SSSR count). The van der Waals surface area contributed by atoms with Crippen LogP contribution in [0.1, 0.15) is 53.4 Å². The van der Waals surface area contributed by atoms with Crippen LogP contribution in [0.5, 0.6) is 0 Å². The Morgan fingerprint density at radius 3 is 2.23 bits per heavy atom. The fraction of sp³-hybridized carbons (Fsp3) is 0.833. The van der Waals surface area contributed by atoms with Gasteiger partial charge in [0.1, 0.15) is 0 Å². The van der Waals surface area contributed by atoms with Crippen molar-refractivity contribution in [3.05, 3.63) is 11.6 Å². The molecule has 13 heavy (non-hydrogen) atoms. The molecule has 0 aliphatic rings. The van der Waals surface area contributed by atoms with Crippen LogP contribution in [0, 0.1) is 0 Å². The van der Waals surface area contributed by atoms with E-state index in [0.29, 0.717) is 0 Å². The highest BCUT2D eigenvalue weighted by Crippen LogP contribution is 2.10. The predicted molar refractivity (Wildman–Crippen MR) is 63.2 cm³/mol. The van der Waals surface area contributed by atoms with Gasteiger partial charge in [0.25, 0.3) is 0 Å². The first kappa shape index (κ1) is 15.2. The van der Waals surface area contributed by atoms with E-state index < -0.39 is 0 Å².